The molecule has 174 valence electrons. The second-order valence-corrected chi connectivity index (χ2v) is 7.81. The fourth-order valence-electron chi connectivity index (χ4n) is 3.35. The maximum absolute atomic E-state index is 12.3. The van der Waals surface area contributed by atoms with E-state index in [4.69, 9.17) is 0 Å². The van der Waals surface area contributed by atoms with Gasteiger partial charge in [-0.05, 0) is 68.9 Å². The monoisotopic (exact) mass is 433 g/mol. The molecule has 0 saturated heterocycles. The molecule has 1 amide bonds. The van der Waals surface area contributed by atoms with Crippen LogP contribution in [0.2, 0.25) is 0 Å². The van der Waals surface area contributed by atoms with Gasteiger partial charge in [0.2, 0.25) is 5.91 Å². The highest BCUT2D eigenvalue weighted by molar-refractivity contribution is 5.92. The largest absolute Gasteiger partial charge is 0.326 e. The van der Waals surface area contributed by atoms with Gasteiger partial charge in [0.1, 0.15) is 0 Å². The van der Waals surface area contributed by atoms with Gasteiger partial charge in [-0.2, -0.15) is 0 Å². The number of benzene rings is 1. The lowest BCUT2D eigenvalue weighted by atomic mass is 10.0. The Hall–Kier alpha value is -2.61. The van der Waals surface area contributed by atoms with E-state index in [1.54, 1.807) is 0 Å². The third-order valence-electron chi connectivity index (χ3n) is 5.20. The van der Waals surface area contributed by atoms with Crippen molar-refractivity contribution in [1.29, 1.82) is 0 Å². The minimum absolute atomic E-state index is 0.118. The molecule has 1 aromatic rings. The number of amides is 1. The average molecular weight is 434 g/mol. The average Bonchev–Trinajstić information content (AvgIpc) is 2.81. The lowest BCUT2D eigenvalue weighted by molar-refractivity contribution is -0.116. The van der Waals surface area contributed by atoms with Crippen molar-refractivity contribution >= 4 is 11.6 Å². The minimum atomic E-state index is 0.118. The number of rotatable bonds is 16. The van der Waals surface area contributed by atoms with Gasteiger partial charge in [-0.1, -0.05) is 99.7 Å². The van der Waals surface area contributed by atoms with Crippen LogP contribution >= 0.6 is 0 Å². The van der Waals surface area contributed by atoms with Crippen molar-refractivity contribution < 1.29 is 4.79 Å². The third kappa shape index (κ3) is 12.9. The Bertz CT molecular complexity index is 758. The summed E-state index contributed by atoms with van der Waals surface area (Å²) < 4.78 is 0. The lowest BCUT2D eigenvalue weighted by Crippen LogP contribution is -2.14. The maximum Gasteiger partial charge on any atom is 0.224 e. The molecule has 2 heteroatoms. The first-order valence-corrected chi connectivity index (χ1v) is 12.4. The predicted octanol–water partition coefficient (Wildman–Crippen LogP) is 8.67. The molecule has 0 saturated carbocycles. The first kappa shape index (κ1) is 27.4. The van der Waals surface area contributed by atoms with Crippen LogP contribution in [0.15, 0.2) is 79.0 Å². The van der Waals surface area contributed by atoms with E-state index in [2.05, 4.69) is 105 Å². The van der Waals surface area contributed by atoms with Crippen LogP contribution in [0.4, 0.5) is 5.69 Å². The summed E-state index contributed by atoms with van der Waals surface area (Å²) in [6, 6.07) is 6.28. The number of allylic oxidation sites excluding steroid dienone is 10. The van der Waals surface area contributed by atoms with Crippen LogP contribution in [0.3, 0.4) is 0 Å². The summed E-state index contributed by atoms with van der Waals surface area (Å²) in [5.41, 5.74) is 3.46. The van der Waals surface area contributed by atoms with E-state index >= 15 is 0 Å². The minimum Gasteiger partial charge on any atom is -0.326 e. The van der Waals surface area contributed by atoms with Crippen molar-refractivity contribution in [2.24, 2.45) is 0 Å². The van der Waals surface area contributed by atoms with E-state index in [0.717, 1.165) is 63.5 Å². The number of aryl methyl sites for hydroxylation is 2. The number of unbranched alkanes of at least 4 members (excludes halogenated alkanes) is 1. The molecule has 0 aliphatic heterocycles. The number of hydrogen-bond donors (Lipinski definition) is 1. The van der Waals surface area contributed by atoms with Crippen molar-refractivity contribution in [3.8, 4) is 0 Å². The zero-order valence-electron chi connectivity index (χ0n) is 20.5. The maximum atomic E-state index is 12.3. The summed E-state index contributed by atoms with van der Waals surface area (Å²) in [5, 5.41) is 3.15. The number of para-hydroxylation sites is 1. The van der Waals surface area contributed by atoms with E-state index in [-0.39, 0.29) is 5.91 Å². The van der Waals surface area contributed by atoms with Gasteiger partial charge in [0.25, 0.3) is 0 Å². The highest BCUT2D eigenvalue weighted by atomic mass is 16.1. The molecule has 2 nitrogen and oxygen atoms in total. The predicted molar refractivity (Wildman–Crippen MR) is 142 cm³/mol. The lowest BCUT2D eigenvalue weighted by Gasteiger charge is -2.14. The molecular formula is C30H43NO. The molecule has 1 N–H and O–H groups in total. The molecule has 0 aliphatic carbocycles. The molecule has 0 spiro atoms. The topological polar surface area (TPSA) is 29.1 Å². The summed E-state index contributed by atoms with van der Waals surface area (Å²) in [5.74, 6) is 0.118. The van der Waals surface area contributed by atoms with Crippen LogP contribution in [0, 0.1) is 0 Å². The number of nitrogens with one attached hydrogen (secondary N) is 1. The molecule has 1 rings (SSSR count). The van der Waals surface area contributed by atoms with E-state index in [0.29, 0.717) is 6.42 Å². The van der Waals surface area contributed by atoms with Crippen molar-refractivity contribution in [3.05, 3.63) is 90.1 Å². The molecule has 0 bridgehead atoms. The van der Waals surface area contributed by atoms with Crippen molar-refractivity contribution in [1.82, 2.24) is 0 Å². The Kier molecular flexibility index (Phi) is 16.4. The SMILES string of the molecule is CCC=CCC=CCC=CCC=CCC=CCCCC(=O)Nc1c(CC)cccc1CC. The molecule has 0 aromatic heterocycles. The van der Waals surface area contributed by atoms with Crippen LogP contribution in [-0.2, 0) is 17.6 Å². The molecule has 32 heavy (non-hydrogen) atoms. The van der Waals surface area contributed by atoms with Crippen molar-refractivity contribution in [3.63, 3.8) is 0 Å². The van der Waals surface area contributed by atoms with E-state index in [9.17, 15) is 4.79 Å². The molecule has 0 aliphatic rings. The van der Waals surface area contributed by atoms with Gasteiger partial charge in [-0.15, -0.1) is 0 Å². The van der Waals surface area contributed by atoms with Gasteiger partial charge >= 0.3 is 0 Å². The summed E-state index contributed by atoms with van der Waals surface area (Å²) in [6.45, 7) is 6.42. The molecule has 0 atom stereocenters. The molecule has 0 unspecified atom stereocenters. The van der Waals surface area contributed by atoms with E-state index < -0.39 is 0 Å². The molecule has 0 heterocycles. The molecule has 0 radical (unpaired) electrons. The molecule has 1 aromatic carbocycles. The van der Waals surface area contributed by atoms with Crippen LogP contribution in [0.5, 0.6) is 0 Å². The van der Waals surface area contributed by atoms with Gasteiger partial charge in [0, 0.05) is 12.1 Å². The Morgan fingerprint density at radius 1 is 0.719 bits per heavy atom. The second kappa shape index (κ2) is 19.1. The van der Waals surface area contributed by atoms with E-state index in [1.807, 2.05) is 0 Å². The smallest absolute Gasteiger partial charge is 0.224 e. The standard InChI is InChI=1S/C30H43NO/c1-4-7-8-9-10-11-12-13-14-15-16-17-18-19-20-21-22-26-29(32)31-30-27(5-2)24-23-25-28(30)6-3/h7-8,10-11,13-14,16-17,19-20,23-25H,4-6,9,12,15,18,21-22,26H2,1-3H3,(H,31,32). The fraction of sp³-hybridized carbons (Fsp3) is 0.433. The highest BCUT2D eigenvalue weighted by Crippen LogP contribution is 2.23. The van der Waals surface area contributed by atoms with Gasteiger partial charge in [0.15, 0.2) is 0 Å². The van der Waals surface area contributed by atoms with Crippen molar-refractivity contribution in [2.45, 2.75) is 85.0 Å². The summed E-state index contributed by atoms with van der Waals surface area (Å²) in [7, 11) is 0. The third-order valence-corrected chi connectivity index (χ3v) is 5.20. The number of anilines is 1. The van der Waals surface area contributed by atoms with Crippen LogP contribution in [0.25, 0.3) is 0 Å². The fourth-order valence-corrected chi connectivity index (χ4v) is 3.35. The van der Waals surface area contributed by atoms with Crippen molar-refractivity contribution in [2.75, 3.05) is 5.32 Å². The Labute approximate surface area is 196 Å². The van der Waals surface area contributed by atoms with Gasteiger partial charge in [-0.25, -0.2) is 0 Å². The van der Waals surface area contributed by atoms with Crippen LogP contribution in [-0.4, -0.2) is 5.91 Å². The molecular weight excluding hydrogens is 390 g/mol. The van der Waals surface area contributed by atoms with Crippen LogP contribution in [0.1, 0.15) is 83.3 Å². The highest BCUT2D eigenvalue weighted by Gasteiger charge is 2.09. The van der Waals surface area contributed by atoms with Gasteiger partial charge < -0.3 is 5.32 Å². The summed E-state index contributed by atoms with van der Waals surface area (Å²) in [4.78, 5) is 12.3. The first-order valence-electron chi connectivity index (χ1n) is 12.4. The summed E-state index contributed by atoms with van der Waals surface area (Å²) in [6.07, 6.45) is 31.4. The zero-order valence-corrected chi connectivity index (χ0v) is 20.5. The number of hydrogen-bond acceptors (Lipinski definition) is 1. The molecule has 0 fully saturated rings. The van der Waals surface area contributed by atoms with E-state index in [1.165, 1.54) is 11.1 Å². The van der Waals surface area contributed by atoms with Gasteiger partial charge in [0.05, 0.1) is 0 Å². The zero-order chi connectivity index (χ0) is 23.3. The Morgan fingerprint density at radius 3 is 1.66 bits per heavy atom. The first-order chi connectivity index (χ1) is 15.7. The quantitative estimate of drug-likeness (QED) is 0.205. The van der Waals surface area contributed by atoms with Gasteiger partial charge in [-0.3, -0.25) is 4.79 Å². The normalized spacial score (nSPS) is 12.3. The second-order valence-electron chi connectivity index (χ2n) is 7.81. The Balaban J connectivity index is 2.15. The number of carbonyl (C=O) groups excluding carboxylic acids is 1. The number of carbonyl (C=O) groups is 1. The van der Waals surface area contributed by atoms with Crippen LogP contribution < -0.4 is 5.32 Å². The Morgan fingerprint density at radius 2 is 1.19 bits per heavy atom. The summed E-state index contributed by atoms with van der Waals surface area (Å²) >= 11 is 0.